The number of aromatic amines is 1. The summed E-state index contributed by atoms with van der Waals surface area (Å²) in [5, 5.41) is 0. The molecule has 1 aliphatic carbocycles. The lowest BCUT2D eigenvalue weighted by Gasteiger charge is -2.37. The Morgan fingerprint density at radius 3 is 2.80 bits per heavy atom. The number of para-hydroxylation sites is 2. The Morgan fingerprint density at radius 1 is 1.17 bits per heavy atom. The van der Waals surface area contributed by atoms with E-state index in [0.29, 0.717) is 17.8 Å². The molecule has 4 rings (SSSR count). The largest absolute Gasteiger partial charge is 0.342 e. The molecule has 160 valence electrons. The number of nitrogens with one attached hydrogen (secondary N) is 1. The molecule has 1 heterocycles. The predicted octanol–water partition coefficient (Wildman–Crippen LogP) is 5.96. The maximum absolute atomic E-state index is 13.7. The standard InChI is InChI=1S/C26H34FN3/c1-18(2)26-19(10-11-20-17-21(27)12-13-22(20)26)14-16-30(3)15-6-9-25-28-23-7-4-5-8-24(23)29-25/h4-5,7-8,12-13,17-19,26H,6,9-11,14-16H2,1-3H3,(H,28,29)/t19?,26-/m0/s1. The maximum Gasteiger partial charge on any atom is 0.123 e. The quantitative estimate of drug-likeness (QED) is 0.500. The maximum atomic E-state index is 13.7. The van der Waals surface area contributed by atoms with E-state index in [9.17, 15) is 4.39 Å². The van der Waals surface area contributed by atoms with E-state index in [2.05, 4.69) is 47.9 Å². The van der Waals surface area contributed by atoms with Gasteiger partial charge in [-0.2, -0.15) is 0 Å². The summed E-state index contributed by atoms with van der Waals surface area (Å²) in [6.07, 6.45) is 5.48. The number of nitrogens with zero attached hydrogens (tertiary/aromatic N) is 2. The van der Waals surface area contributed by atoms with Crippen LogP contribution in [-0.4, -0.2) is 35.0 Å². The average Bonchev–Trinajstić information content (AvgIpc) is 3.14. The number of aromatic nitrogens is 2. The van der Waals surface area contributed by atoms with Gasteiger partial charge in [-0.25, -0.2) is 9.37 Å². The molecule has 0 aliphatic heterocycles. The van der Waals surface area contributed by atoms with E-state index in [-0.39, 0.29) is 5.82 Å². The molecule has 3 nitrogen and oxygen atoms in total. The number of imidazole rings is 1. The lowest BCUT2D eigenvalue weighted by molar-refractivity contribution is 0.238. The minimum Gasteiger partial charge on any atom is -0.342 e. The fourth-order valence-electron chi connectivity index (χ4n) is 5.26. The summed E-state index contributed by atoms with van der Waals surface area (Å²) >= 11 is 0. The highest BCUT2D eigenvalue weighted by Crippen LogP contribution is 2.42. The van der Waals surface area contributed by atoms with Crippen molar-refractivity contribution in [3.63, 3.8) is 0 Å². The van der Waals surface area contributed by atoms with Crippen LogP contribution in [0.25, 0.3) is 11.0 Å². The number of fused-ring (bicyclic) bond motifs is 2. The third-order valence-corrected chi connectivity index (χ3v) is 6.75. The molecule has 2 atom stereocenters. The summed E-state index contributed by atoms with van der Waals surface area (Å²) in [6.45, 7) is 6.82. The SMILES string of the molecule is CC(C)[C@@H]1c2ccc(F)cc2CCC1CCN(C)CCCc1nc2ccccc2[nH]1. The summed E-state index contributed by atoms with van der Waals surface area (Å²) < 4.78 is 13.7. The first-order chi connectivity index (χ1) is 14.5. The Labute approximate surface area is 179 Å². The number of hydrogen-bond donors (Lipinski definition) is 1. The van der Waals surface area contributed by atoms with Crippen LogP contribution < -0.4 is 0 Å². The number of rotatable bonds is 8. The van der Waals surface area contributed by atoms with Crippen molar-refractivity contribution in [3.8, 4) is 0 Å². The van der Waals surface area contributed by atoms with Crippen LogP contribution in [-0.2, 0) is 12.8 Å². The molecule has 1 aromatic heterocycles. The van der Waals surface area contributed by atoms with Crippen molar-refractivity contribution in [1.29, 1.82) is 0 Å². The van der Waals surface area contributed by atoms with Gasteiger partial charge < -0.3 is 9.88 Å². The minimum absolute atomic E-state index is 0.0982. The average molecular weight is 408 g/mol. The number of halogens is 1. The molecule has 1 aliphatic rings. The molecule has 0 saturated carbocycles. The zero-order chi connectivity index (χ0) is 21.1. The second-order valence-electron chi connectivity index (χ2n) is 9.31. The summed E-state index contributed by atoms with van der Waals surface area (Å²) in [4.78, 5) is 10.6. The van der Waals surface area contributed by atoms with Gasteiger partial charge >= 0.3 is 0 Å². The van der Waals surface area contributed by atoms with Crippen molar-refractivity contribution in [1.82, 2.24) is 14.9 Å². The fraction of sp³-hybridized carbons (Fsp3) is 0.500. The molecule has 3 aromatic rings. The number of H-pyrrole nitrogens is 1. The fourth-order valence-corrected chi connectivity index (χ4v) is 5.26. The Balaban J connectivity index is 1.28. The zero-order valence-electron chi connectivity index (χ0n) is 18.5. The molecule has 2 aromatic carbocycles. The Bertz CT molecular complexity index is 944. The van der Waals surface area contributed by atoms with E-state index in [1.54, 1.807) is 12.1 Å². The van der Waals surface area contributed by atoms with E-state index in [4.69, 9.17) is 0 Å². The number of aryl methyl sites for hydroxylation is 2. The monoisotopic (exact) mass is 407 g/mol. The topological polar surface area (TPSA) is 31.9 Å². The van der Waals surface area contributed by atoms with Gasteiger partial charge in [0, 0.05) is 6.42 Å². The molecule has 0 saturated heterocycles. The first-order valence-electron chi connectivity index (χ1n) is 11.4. The van der Waals surface area contributed by atoms with Gasteiger partial charge in [-0.15, -0.1) is 0 Å². The van der Waals surface area contributed by atoms with Crippen molar-refractivity contribution in [3.05, 3.63) is 65.2 Å². The Morgan fingerprint density at radius 2 is 2.00 bits per heavy atom. The van der Waals surface area contributed by atoms with Crippen LogP contribution in [0.4, 0.5) is 4.39 Å². The van der Waals surface area contributed by atoms with Crippen LogP contribution in [0.1, 0.15) is 56.0 Å². The predicted molar refractivity (Wildman–Crippen MR) is 122 cm³/mol. The van der Waals surface area contributed by atoms with Gasteiger partial charge in [-0.1, -0.05) is 32.0 Å². The summed E-state index contributed by atoms with van der Waals surface area (Å²) in [5.74, 6) is 2.79. The molecular weight excluding hydrogens is 373 g/mol. The summed E-state index contributed by atoms with van der Waals surface area (Å²) in [5.41, 5.74) is 4.79. The highest BCUT2D eigenvalue weighted by molar-refractivity contribution is 5.74. The molecule has 1 unspecified atom stereocenters. The zero-order valence-corrected chi connectivity index (χ0v) is 18.5. The van der Waals surface area contributed by atoms with E-state index in [1.807, 2.05) is 18.2 Å². The Hall–Kier alpha value is -2.20. The number of hydrogen-bond acceptors (Lipinski definition) is 2. The van der Waals surface area contributed by atoms with E-state index >= 15 is 0 Å². The molecule has 0 bridgehead atoms. The lowest BCUT2D eigenvalue weighted by atomic mass is 9.69. The summed E-state index contributed by atoms with van der Waals surface area (Å²) in [6, 6.07) is 13.7. The molecule has 0 spiro atoms. The summed E-state index contributed by atoms with van der Waals surface area (Å²) in [7, 11) is 2.23. The first kappa shape index (κ1) is 21.0. The van der Waals surface area contributed by atoms with Crippen molar-refractivity contribution < 1.29 is 4.39 Å². The lowest BCUT2D eigenvalue weighted by Crippen LogP contribution is -2.29. The van der Waals surface area contributed by atoms with Crippen LogP contribution in [0.5, 0.6) is 0 Å². The van der Waals surface area contributed by atoms with E-state index < -0.39 is 0 Å². The van der Waals surface area contributed by atoms with Gasteiger partial charge in [0.25, 0.3) is 0 Å². The Kier molecular flexibility index (Phi) is 6.52. The van der Waals surface area contributed by atoms with Crippen molar-refractivity contribution >= 4 is 11.0 Å². The van der Waals surface area contributed by atoms with Crippen molar-refractivity contribution in [2.75, 3.05) is 20.1 Å². The second kappa shape index (κ2) is 9.30. The molecule has 30 heavy (non-hydrogen) atoms. The van der Waals surface area contributed by atoms with Crippen molar-refractivity contribution in [2.45, 2.75) is 51.9 Å². The first-order valence-corrected chi connectivity index (χ1v) is 11.4. The van der Waals surface area contributed by atoms with Crippen LogP contribution in [0.2, 0.25) is 0 Å². The second-order valence-corrected chi connectivity index (χ2v) is 9.31. The third-order valence-electron chi connectivity index (χ3n) is 6.75. The van der Waals surface area contributed by atoms with Crippen LogP contribution in [0.15, 0.2) is 42.5 Å². The normalized spacial score (nSPS) is 19.0. The molecular formula is C26H34FN3. The highest BCUT2D eigenvalue weighted by Gasteiger charge is 2.31. The van der Waals surface area contributed by atoms with Gasteiger partial charge in [0.1, 0.15) is 11.6 Å². The minimum atomic E-state index is -0.0982. The van der Waals surface area contributed by atoms with Crippen LogP contribution >= 0.6 is 0 Å². The van der Waals surface area contributed by atoms with Gasteiger partial charge in [0.15, 0.2) is 0 Å². The van der Waals surface area contributed by atoms with E-state index in [0.717, 1.165) is 49.2 Å². The molecule has 0 radical (unpaired) electrons. The van der Waals surface area contributed by atoms with E-state index in [1.165, 1.54) is 24.0 Å². The van der Waals surface area contributed by atoms with Crippen molar-refractivity contribution in [2.24, 2.45) is 11.8 Å². The van der Waals surface area contributed by atoms with Gasteiger partial charge in [0.05, 0.1) is 11.0 Å². The molecule has 0 fully saturated rings. The van der Waals surface area contributed by atoms with Crippen LogP contribution in [0.3, 0.4) is 0 Å². The van der Waals surface area contributed by atoms with Gasteiger partial charge in [-0.05, 0) is 99.0 Å². The smallest absolute Gasteiger partial charge is 0.123 e. The highest BCUT2D eigenvalue weighted by atomic mass is 19.1. The molecule has 0 amide bonds. The van der Waals surface area contributed by atoms with Crippen LogP contribution in [0, 0.1) is 17.7 Å². The molecule has 4 heteroatoms. The third kappa shape index (κ3) is 4.75. The van der Waals surface area contributed by atoms with Gasteiger partial charge in [-0.3, -0.25) is 0 Å². The number of benzene rings is 2. The van der Waals surface area contributed by atoms with Gasteiger partial charge in [0.2, 0.25) is 0 Å². The molecule has 1 N–H and O–H groups in total.